The maximum atomic E-state index is 12.7. The molecule has 0 aliphatic carbocycles. The van der Waals surface area contributed by atoms with Crippen molar-refractivity contribution in [2.24, 2.45) is 0 Å². The minimum absolute atomic E-state index is 0.00450. The van der Waals surface area contributed by atoms with Gasteiger partial charge in [-0.05, 0) is 50.8 Å². The highest BCUT2D eigenvalue weighted by Gasteiger charge is 2.22. The Kier molecular flexibility index (Phi) is 6.63. The SMILES string of the molecule is CC[C@H](NC(=O)[C@@H](CC)Oc1ccc(C)cc1C)c1ccc(C)cc1. The number of carbonyl (C=O) groups excluding carboxylic acids is 1. The van der Waals surface area contributed by atoms with Gasteiger partial charge in [0.2, 0.25) is 0 Å². The second kappa shape index (κ2) is 8.70. The van der Waals surface area contributed by atoms with Crippen LogP contribution in [0.4, 0.5) is 0 Å². The van der Waals surface area contributed by atoms with Gasteiger partial charge in [-0.15, -0.1) is 0 Å². The first-order valence-electron chi connectivity index (χ1n) is 9.05. The second-order valence-corrected chi connectivity index (χ2v) is 6.66. The molecule has 2 rings (SSSR count). The van der Waals surface area contributed by atoms with Crippen LogP contribution in [-0.4, -0.2) is 12.0 Å². The third-order valence-corrected chi connectivity index (χ3v) is 4.47. The molecule has 3 nitrogen and oxygen atoms in total. The Morgan fingerprint density at radius 2 is 1.60 bits per heavy atom. The summed E-state index contributed by atoms with van der Waals surface area (Å²) >= 11 is 0. The summed E-state index contributed by atoms with van der Waals surface area (Å²) < 4.78 is 6.00. The molecule has 0 heterocycles. The topological polar surface area (TPSA) is 38.3 Å². The normalized spacial score (nSPS) is 13.2. The van der Waals surface area contributed by atoms with Crippen LogP contribution in [0.2, 0.25) is 0 Å². The van der Waals surface area contributed by atoms with Crippen LogP contribution in [0.1, 0.15) is 55.0 Å². The lowest BCUT2D eigenvalue weighted by atomic mass is 10.0. The van der Waals surface area contributed by atoms with Crippen molar-refractivity contribution in [2.45, 2.75) is 59.6 Å². The summed E-state index contributed by atoms with van der Waals surface area (Å²) in [6.45, 7) is 10.2. The summed E-state index contributed by atoms with van der Waals surface area (Å²) in [4.78, 5) is 12.7. The monoisotopic (exact) mass is 339 g/mol. The van der Waals surface area contributed by atoms with Crippen molar-refractivity contribution in [1.82, 2.24) is 5.32 Å². The van der Waals surface area contributed by atoms with E-state index in [9.17, 15) is 4.79 Å². The number of amides is 1. The Balaban J connectivity index is 2.08. The van der Waals surface area contributed by atoms with Gasteiger partial charge in [-0.1, -0.05) is 61.4 Å². The molecule has 0 spiro atoms. The average molecular weight is 339 g/mol. The first kappa shape index (κ1) is 19.0. The Bertz CT molecular complexity index is 706. The molecule has 0 bridgehead atoms. The summed E-state index contributed by atoms with van der Waals surface area (Å²) in [5, 5.41) is 3.14. The lowest BCUT2D eigenvalue weighted by Crippen LogP contribution is -2.40. The van der Waals surface area contributed by atoms with E-state index >= 15 is 0 Å². The van der Waals surface area contributed by atoms with E-state index in [2.05, 4.69) is 49.5 Å². The molecular formula is C22H29NO2. The van der Waals surface area contributed by atoms with Crippen molar-refractivity contribution >= 4 is 5.91 Å². The third-order valence-electron chi connectivity index (χ3n) is 4.47. The zero-order valence-electron chi connectivity index (χ0n) is 15.9. The first-order valence-corrected chi connectivity index (χ1v) is 9.05. The van der Waals surface area contributed by atoms with Gasteiger partial charge in [-0.25, -0.2) is 0 Å². The molecule has 3 heteroatoms. The predicted octanol–water partition coefficient (Wildman–Crippen LogP) is 5.04. The van der Waals surface area contributed by atoms with E-state index < -0.39 is 6.10 Å². The maximum Gasteiger partial charge on any atom is 0.261 e. The molecule has 1 amide bonds. The fourth-order valence-electron chi connectivity index (χ4n) is 2.89. The van der Waals surface area contributed by atoms with Gasteiger partial charge in [0.05, 0.1) is 6.04 Å². The van der Waals surface area contributed by atoms with Gasteiger partial charge in [-0.3, -0.25) is 4.79 Å². The van der Waals surface area contributed by atoms with Gasteiger partial charge >= 0.3 is 0 Å². The molecule has 0 unspecified atom stereocenters. The molecule has 2 aromatic rings. The van der Waals surface area contributed by atoms with Crippen molar-refractivity contribution < 1.29 is 9.53 Å². The molecule has 0 radical (unpaired) electrons. The van der Waals surface area contributed by atoms with Crippen LogP contribution < -0.4 is 10.1 Å². The van der Waals surface area contributed by atoms with Crippen molar-refractivity contribution in [3.8, 4) is 5.75 Å². The van der Waals surface area contributed by atoms with Crippen molar-refractivity contribution in [2.75, 3.05) is 0 Å². The number of benzene rings is 2. The molecule has 0 aliphatic heterocycles. The number of nitrogens with one attached hydrogen (secondary N) is 1. The number of rotatable bonds is 7. The van der Waals surface area contributed by atoms with Crippen LogP contribution in [0.25, 0.3) is 0 Å². The van der Waals surface area contributed by atoms with E-state index in [-0.39, 0.29) is 11.9 Å². The smallest absolute Gasteiger partial charge is 0.261 e. The van der Waals surface area contributed by atoms with Gasteiger partial charge in [0.15, 0.2) is 6.10 Å². The van der Waals surface area contributed by atoms with Gasteiger partial charge in [0, 0.05) is 0 Å². The Labute approximate surface area is 151 Å². The van der Waals surface area contributed by atoms with Crippen LogP contribution in [0.3, 0.4) is 0 Å². The lowest BCUT2D eigenvalue weighted by Gasteiger charge is -2.23. The summed E-state index contributed by atoms with van der Waals surface area (Å²) in [7, 11) is 0. The molecule has 0 aromatic heterocycles. The average Bonchev–Trinajstić information content (AvgIpc) is 2.59. The molecule has 134 valence electrons. The van der Waals surface area contributed by atoms with E-state index in [0.29, 0.717) is 6.42 Å². The highest BCUT2D eigenvalue weighted by molar-refractivity contribution is 5.81. The quantitative estimate of drug-likeness (QED) is 0.768. The van der Waals surface area contributed by atoms with Crippen LogP contribution >= 0.6 is 0 Å². The molecule has 2 aromatic carbocycles. The Morgan fingerprint density at radius 1 is 0.960 bits per heavy atom. The van der Waals surface area contributed by atoms with Crippen LogP contribution in [0.15, 0.2) is 42.5 Å². The molecule has 0 fully saturated rings. The third kappa shape index (κ3) is 5.09. The molecule has 2 atom stereocenters. The lowest BCUT2D eigenvalue weighted by molar-refractivity contribution is -0.129. The minimum Gasteiger partial charge on any atom is -0.480 e. The molecule has 1 N–H and O–H groups in total. The van der Waals surface area contributed by atoms with Crippen LogP contribution in [0, 0.1) is 20.8 Å². The summed E-state index contributed by atoms with van der Waals surface area (Å²) in [6, 6.07) is 14.3. The molecule has 0 saturated heterocycles. The van der Waals surface area contributed by atoms with Gasteiger partial charge in [0.1, 0.15) is 5.75 Å². The van der Waals surface area contributed by atoms with E-state index in [0.717, 1.165) is 23.3 Å². The van der Waals surface area contributed by atoms with Crippen molar-refractivity contribution in [3.05, 3.63) is 64.7 Å². The van der Waals surface area contributed by atoms with E-state index in [4.69, 9.17) is 4.74 Å². The number of hydrogen-bond acceptors (Lipinski definition) is 2. The highest BCUT2D eigenvalue weighted by Crippen LogP contribution is 2.22. The van der Waals surface area contributed by atoms with E-state index in [1.54, 1.807) is 0 Å². The number of carbonyl (C=O) groups is 1. The fraction of sp³-hybridized carbons (Fsp3) is 0.409. The summed E-state index contributed by atoms with van der Waals surface area (Å²) in [5.41, 5.74) is 4.59. The molecule has 25 heavy (non-hydrogen) atoms. The first-order chi connectivity index (χ1) is 11.9. The zero-order valence-corrected chi connectivity index (χ0v) is 15.9. The zero-order chi connectivity index (χ0) is 18.4. The largest absolute Gasteiger partial charge is 0.480 e. The molecule has 0 aliphatic rings. The maximum absolute atomic E-state index is 12.7. The minimum atomic E-state index is -0.485. The van der Waals surface area contributed by atoms with Crippen LogP contribution in [-0.2, 0) is 4.79 Å². The van der Waals surface area contributed by atoms with Crippen LogP contribution in [0.5, 0.6) is 5.75 Å². The summed E-state index contributed by atoms with van der Waals surface area (Å²) in [6.07, 6.45) is 0.985. The van der Waals surface area contributed by atoms with Gasteiger partial charge < -0.3 is 10.1 Å². The highest BCUT2D eigenvalue weighted by atomic mass is 16.5. The fourth-order valence-corrected chi connectivity index (χ4v) is 2.89. The number of aryl methyl sites for hydroxylation is 3. The van der Waals surface area contributed by atoms with Crippen molar-refractivity contribution in [3.63, 3.8) is 0 Å². The van der Waals surface area contributed by atoms with Crippen molar-refractivity contribution in [1.29, 1.82) is 0 Å². The number of ether oxygens (including phenoxy) is 1. The molecule has 0 saturated carbocycles. The second-order valence-electron chi connectivity index (χ2n) is 6.66. The number of hydrogen-bond donors (Lipinski definition) is 1. The Hall–Kier alpha value is -2.29. The molecular weight excluding hydrogens is 310 g/mol. The van der Waals surface area contributed by atoms with E-state index in [1.807, 2.05) is 32.9 Å². The predicted molar refractivity (Wildman–Crippen MR) is 103 cm³/mol. The van der Waals surface area contributed by atoms with Gasteiger partial charge in [-0.2, -0.15) is 0 Å². The Morgan fingerprint density at radius 3 is 2.16 bits per heavy atom. The standard InChI is InChI=1S/C22H29NO2/c1-6-19(18-11-8-15(3)9-12-18)23-22(24)20(7-2)25-21-13-10-16(4)14-17(21)5/h8-14,19-20H,6-7H2,1-5H3,(H,23,24)/t19-,20+/m0/s1. The van der Waals surface area contributed by atoms with Gasteiger partial charge in [0.25, 0.3) is 5.91 Å². The summed E-state index contributed by atoms with van der Waals surface area (Å²) in [5.74, 6) is 0.714. The van der Waals surface area contributed by atoms with E-state index in [1.165, 1.54) is 11.1 Å².